The lowest BCUT2D eigenvalue weighted by Gasteiger charge is -2.28. The third-order valence-corrected chi connectivity index (χ3v) is 2.95. The fourth-order valence-electron chi connectivity index (χ4n) is 1.94. The Labute approximate surface area is 124 Å². The highest BCUT2D eigenvalue weighted by molar-refractivity contribution is 5.94. The van der Waals surface area contributed by atoms with E-state index in [1.165, 1.54) is 13.3 Å². The van der Waals surface area contributed by atoms with Crippen LogP contribution in [0.3, 0.4) is 0 Å². The highest BCUT2D eigenvalue weighted by atomic mass is 16.5. The lowest BCUT2D eigenvalue weighted by atomic mass is 9.98. The molecule has 7 nitrogen and oxygen atoms in total. The summed E-state index contributed by atoms with van der Waals surface area (Å²) in [4.78, 5) is 23.2. The van der Waals surface area contributed by atoms with Crippen molar-refractivity contribution in [2.24, 2.45) is 0 Å². The van der Waals surface area contributed by atoms with Crippen molar-refractivity contribution in [1.82, 2.24) is 15.1 Å². The molecule has 21 heavy (non-hydrogen) atoms. The quantitative estimate of drug-likeness (QED) is 0.824. The van der Waals surface area contributed by atoms with Crippen molar-refractivity contribution in [3.05, 3.63) is 18.0 Å². The molecule has 0 aliphatic heterocycles. The van der Waals surface area contributed by atoms with Crippen LogP contribution in [0.5, 0.6) is 0 Å². The molecule has 1 aromatic heterocycles. The van der Waals surface area contributed by atoms with Gasteiger partial charge < -0.3 is 15.2 Å². The molecule has 0 aromatic carbocycles. The molecule has 0 saturated heterocycles. The fourth-order valence-corrected chi connectivity index (χ4v) is 1.94. The summed E-state index contributed by atoms with van der Waals surface area (Å²) in [5, 5.41) is 15.8. The Morgan fingerprint density at radius 1 is 1.38 bits per heavy atom. The van der Waals surface area contributed by atoms with E-state index in [-0.39, 0.29) is 24.5 Å². The SMILES string of the molecule is COCC(C)(CC(=O)O)NC(=O)c1cnn(C(C)(C)C)c1. The fraction of sp³-hybridized carbons (Fsp3) is 0.643. The largest absolute Gasteiger partial charge is 0.481 e. The van der Waals surface area contributed by atoms with E-state index in [0.717, 1.165) is 0 Å². The molecule has 0 radical (unpaired) electrons. The Morgan fingerprint density at radius 3 is 2.43 bits per heavy atom. The predicted molar refractivity (Wildman–Crippen MR) is 77.2 cm³/mol. The normalized spacial score (nSPS) is 14.5. The average Bonchev–Trinajstić information content (AvgIpc) is 2.75. The first kappa shape index (κ1) is 17.2. The van der Waals surface area contributed by atoms with Crippen molar-refractivity contribution in [3.63, 3.8) is 0 Å². The van der Waals surface area contributed by atoms with Crippen LogP contribution in [-0.4, -0.2) is 46.0 Å². The van der Waals surface area contributed by atoms with Crippen LogP contribution in [0, 0.1) is 0 Å². The molecule has 0 bridgehead atoms. The predicted octanol–water partition coefficient (Wildman–Crippen LogP) is 1.25. The minimum Gasteiger partial charge on any atom is -0.481 e. The molecule has 1 rings (SSSR count). The average molecular weight is 297 g/mol. The number of nitrogens with zero attached hydrogens (tertiary/aromatic N) is 2. The lowest BCUT2D eigenvalue weighted by molar-refractivity contribution is -0.139. The highest BCUT2D eigenvalue weighted by Crippen LogP contribution is 2.15. The molecular formula is C14H23N3O4. The number of ether oxygens (including phenoxy) is 1. The minimum atomic E-state index is -1.000. The summed E-state index contributed by atoms with van der Waals surface area (Å²) >= 11 is 0. The van der Waals surface area contributed by atoms with Gasteiger partial charge in [-0.05, 0) is 27.7 Å². The Balaban J connectivity index is 2.87. The number of carboxylic acid groups (broad SMARTS) is 1. The maximum Gasteiger partial charge on any atom is 0.305 e. The monoisotopic (exact) mass is 297 g/mol. The van der Waals surface area contributed by atoms with E-state index in [9.17, 15) is 9.59 Å². The molecule has 0 fully saturated rings. The molecule has 1 amide bonds. The number of rotatable bonds is 6. The van der Waals surface area contributed by atoms with Crippen LogP contribution < -0.4 is 5.32 Å². The third-order valence-electron chi connectivity index (χ3n) is 2.95. The van der Waals surface area contributed by atoms with Crippen LogP contribution in [0.2, 0.25) is 0 Å². The van der Waals surface area contributed by atoms with Gasteiger partial charge in [-0.2, -0.15) is 5.10 Å². The summed E-state index contributed by atoms with van der Waals surface area (Å²) in [6.07, 6.45) is 2.89. The van der Waals surface area contributed by atoms with Gasteiger partial charge in [-0.3, -0.25) is 14.3 Å². The molecule has 0 aliphatic rings. The standard InChI is InChI=1S/C14H23N3O4/c1-13(2,3)17-8-10(7-15-17)12(20)16-14(4,9-21-5)6-11(18)19/h7-8H,6,9H2,1-5H3,(H,16,20)(H,18,19). The zero-order chi connectivity index (χ0) is 16.3. The van der Waals surface area contributed by atoms with E-state index >= 15 is 0 Å². The van der Waals surface area contributed by atoms with Gasteiger partial charge in [0, 0.05) is 13.3 Å². The summed E-state index contributed by atoms with van der Waals surface area (Å²) < 4.78 is 6.69. The zero-order valence-corrected chi connectivity index (χ0v) is 13.1. The van der Waals surface area contributed by atoms with Gasteiger partial charge in [0.25, 0.3) is 5.91 Å². The molecule has 0 spiro atoms. The maximum atomic E-state index is 12.2. The van der Waals surface area contributed by atoms with Gasteiger partial charge in [0.15, 0.2) is 0 Å². The first-order chi connectivity index (χ1) is 9.57. The van der Waals surface area contributed by atoms with Crippen molar-refractivity contribution >= 4 is 11.9 Å². The second-order valence-corrected chi connectivity index (χ2v) is 6.36. The number of hydrogen-bond donors (Lipinski definition) is 2. The van der Waals surface area contributed by atoms with Crippen LogP contribution in [0.1, 0.15) is 44.5 Å². The van der Waals surface area contributed by atoms with Crippen molar-refractivity contribution in [2.45, 2.75) is 45.2 Å². The van der Waals surface area contributed by atoms with Crippen molar-refractivity contribution in [2.75, 3.05) is 13.7 Å². The Kier molecular flexibility index (Phi) is 5.11. The molecular weight excluding hydrogens is 274 g/mol. The molecule has 0 aliphatic carbocycles. The number of carbonyl (C=O) groups excluding carboxylic acids is 1. The minimum absolute atomic E-state index is 0.110. The molecule has 118 valence electrons. The Morgan fingerprint density at radius 2 is 2.00 bits per heavy atom. The van der Waals surface area contributed by atoms with Gasteiger partial charge in [-0.15, -0.1) is 0 Å². The van der Waals surface area contributed by atoms with Gasteiger partial charge in [0.1, 0.15) is 0 Å². The van der Waals surface area contributed by atoms with Gasteiger partial charge >= 0.3 is 5.97 Å². The van der Waals surface area contributed by atoms with Gasteiger partial charge in [-0.25, -0.2) is 0 Å². The van der Waals surface area contributed by atoms with E-state index in [0.29, 0.717) is 5.56 Å². The molecule has 1 aromatic rings. The maximum absolute atomic E-state index is 12.2. The summed E-state index contributed by atoms with van der Waals surface area (Å²) in [5.41, 5.74) is -0.811. The van der Waals surface area contributed by atoms with Crippen molar-refractivity contribution in [3.8, 4) is 0 Å². The van der Waals surface area contributed by atoms with Crippen molar-refractivity contribution < 1.29 is 19.4 Å². The topological polar surface area (TPSA) is 93.4 Å². The number of aromatic nitrogens is 2. The van der Waals surface area contributed by atoms with Crippen LogP contribution >= 0.6 is 0 Å². The number of carboxylic acids is 1. The lowest BCUT2D eigenvalue weighted by Crippen LogP contribution is -2.50. The van der Waals surface area contributed by atoms with Crippen molar-refractivity contribution in [1.29, 1.82) is 0 Å². The smallest absolute Gasteiger partial charge is 0.305 e. The first-order valence-electron chi connectivity index (χ1n) is 6.66. The van der Waals surface area contributed by atoms with Crippen LogP contribution in [-0.2, 0) is 15.1 Å². The summed E-state index contributed by atoms with van der Waals surface area (Å²) in [6.45, 7) is 7.67. The van der Waals surface area contributed by atoms with E-state index in [2.05, 4.69) is 10.4 Å². The van der Waals surface area contributed by atoms with Crippen LogP contribution in [0.4, 0.5) is 0 Å². The van der Waals surface area contributed by atoms with Crippen LogP contribution in [0.25, 0.3) is 0 Å². The summed E-state index contributed by atoms with van der Waals surface area (Å²) in [7, 11) is 1.46. The molecule has 0 saturated carbocycles. The van der Waals surface area contributed by atoms with E-state index in [1.807, 2.05) is 20.8 Å². The van der Waals surface area contributed by atoms with Gasteiger partial charge in [-0.1, -0.05) is 0 Å². The number of amides is 1. The van der Waals surface area contributed by atoms with E-state index in [4.69, 9.17) is 9.84 Å². The molecule has 7 heteroatoms. The van der Waals surface area contributed by atoms with E-state index in [1.54, 1.807) is 17.8 Å². The second kappa shape index (κ2) is 6.26. The number of nitrogens with one attached hydrogen (secondary N) is 1. The second-order valence-electron chi connectivity index (χ2n) is 6.36. The zero-order valence-electron chi connectivity index (χ0n) is 13.1. The first-order valence-corrected chi connectivity index (χ1v) is 6.66. The number of methoxy groups -OCH3 is 1. The molecule has 1 atom stereocenters. The summed E-state index contributed by atoms with van der Waals surface area (Å²) in [5.74, 6) is -1.37. The van der Waals surface area contributed by atoms with Gasteiger partial charge in [0.05, 0.1) is 35.9 Å². The highest BCUT2D eigenvalue weighted by Gasteiger charge is 2.30. The Hall–Kier alpha value is -1.89. The molecule has 1 heterocycles. The van der Waals surface area contributed by atoms with E-state index < -0.39 is 11.5 Å². The van der Waals surface area contributed by atoms with Gasteiger partial charge in [0.2, 0.25) is 0 Å². The Bertz CT molecular complexity index is 519. The van der Waals surface area contributed by atoms with Crippen LogP contribution in [0.15, 0.2) is 12.4 Å². The molecule has 1 unspecified atom stereocenters. The number of carbonyl (C=O) groups is 2. The third kappa shape index (κ3) is 4.86. The number of aliphatic carboxylic acids is 1. The molecule has 2 N–H and O–H groups in total. The number of hydrogen-bond acceptors (Lipinski definition) is 4. The summed E-state index contributed by atoms with van der Waals surface area (Å²) in [6, 6.07) is 0.